The highest BCUT2D eigenvalue weighted by atomic mass is 16.5. The predicted octanol–water partition coefficient (Wildman–Crippen LogP) is 5.20. The minimum atomic E-state index is -0.215. The summed E-state index contributed by atoms with van der Waals surface area (Å²) in [5, 5.41) is 0. The van der Waals surface area contributed by atoms with E-state index in [1.807, 2.05) is 42.0 Å². The zero-order valence-electron chi connectivity index (χ0n) is 17.7. The van der Waals surface area contributed by atoms with Crippen LogP contribution in [-0.2, 0) is 18.0 Å². The van der Waals surface area contributed by atoms with Crippen LogP contribution in [0.25, 0.3) is 0 Å². The Morgan fingerprint density at radius 3 is 2.11 bits per heavy atom. The third kappa shape index (κ3) is 6.48. The average molecular weight is 387 g/mol. The fourth-order valence-corrected chi connectivity index (χ4v) is 3.31. The molecule has 0 spiro atoms. The standard InChI is InChI=1S/C23H34N2O3/c1-5-7-9-21(10-8-6-2)25-15-18(3)22(24-23(25)26)28-17-20-13-11-19(12-14-20)16-27-4/h11-15,21H,5-10,16-17H2,1-4H3. The van der Waals surface area contributed by atoms with E-state index >= 15 is 0 Å². The molecular weight excluding hydrogens is 352 g/mol. The smallest absolute Gasteiger partial charge is 0.351 e. The molecule has 0 aliphatic carbocycles. The fraction of sp³-hybridized carbons (Fsp3) is 0.565. The van der Waals surface area contributed by atoms with Crippen molar-refractivity contribution in [3.05, 3.63) is 57.6 Å². The number of methoxy groups -OCH3 is 1. The molecule has 5 heteroatoms. The number of unbranched alkanes of at least 4 members (excludes halogenated alkanes) is 2. The maximum atomic E-state index is 12.6. The molecule has 0 N–H and O–H groups in total. The highest BCUT2D eigenvalue weighted by Crippen LogP contribution is 2.22. The van der Waals surface area contributed by atoms with Crippen LogP contribution < -0.4 is 10.4 Å². The van der Waals surface area contributed by atoms with Gasteiger partial charge in [0.2, 0.25) is 5.88 Å². The maximum absolute atomic E-state index is 12.6. The number of hydrogen-bond acceptors (Lipinski definition) is 4. The second-order valence-electron chi connectivity index (χ2n) is 7.40. The second kappa shape index (κ2) is 11.6. The third-order valence-electron chi connectivity index (χ3n) is 4.97. The van der Waals surface area contributed by atoms with E-state index in [9.17, 15) is 4.79 Å². The van der Waals surface area contributed by atoms with Gasteiger partial charge in [-0.1, -0.05) is 63.8 Å². The van der Waals surface area contributed by atoms with Crippen LogP contribution in [-0.4, -0.2) is 16.7 Å². The minimum Gasteiger partial charge on any atom is -0.472 e. The molecule has 0 unspecified atom stereocenters. The van der Waals surface area contributed by atoms with Crippen molar-refractivity contribution in [2.24, 2.45) is 0 Å². The summed E-state index contributed by atoms with van der Waals surface area (Å²) in [7, 11) is 1.68. The number of benzene rings is 1. The van der Waals surface area contributed by atoms with Crippen LogP contribution >= 0.6 is 0 Å². The monoisotopic (exact) mass is 386 g/mol. The number of ether oxygens (including phenoxy) is 2. The average Bonchev–Trinajstić information content (AvgIpc) is 2.70. The molecule has 1 aromatic heterocycles. The third-order valence-corrected chi connectivity index (χ3v) is 4.97. The van der Waals surface area contributed by atoms with Crippen molar-refractivity contribution < 1.29 is 9.47 Å². The van der Waals surface area contributed by atoms with Crippen LogP contribution in [0.4, 0.5) is 0 Å². The molecular formula is C23H34N2O3. The van der Waals surface area contributed by atoms with E-state index in [1.54, 1.807) is 7.11 Å². The maximum Gasteiger partial charge on any atom is 0.351 e. The molecule has 0 saturated heterocycles. The van der Waals surface area contributed by atoms with Crippen LogP contribution in [0.3, 0.4) is 0 Å². The Hall–Kier alpha value is -2.14. The molecule has 1 heterocycles. The Labute approximate surface area is 168 Å². The Morgan fingerprint density at radius 1 is 1.00 bits per heavy atom. The molecule has 2 rings (SSSR count). The Bertz CT molecular complexity index is 760. The minimum absolute atomic E-state index is 0.215. The summed E-state index contributed by atoms with van der Waals surface area (Å²) in [4.78, 5) is 16.9. The summed E-state index contributed by atoms with van der Waals surface area (Å²) in [6, 6.07) is 8.28. The molecule has 0 bridgehead atoms. The van der Waals surface area contributed by atoms with Gasteiger partial charge in [0.25, 0.3) is 0 Å². The van der Waals surface area contributed by atoms with Gasteiger partial charge in [0.1, 0.15) is 6.61 Å². The van der Waals surface area contributed by atoms with Crippen molar-refractivity contribution in [1.29, 1.82) is 0 Å². The van der Waals surface area contributed by atoms with E-state index in [1.165, 1.54) is 0 Å². The number of rotatable bonds is 12. The molecule has 5 nitrogen and oxygen atoms in total. The molecule has 2 aromatic rings. The number of aryl methyl sites for hydroxylation is 1. The first-order valence-electron chi connectivity index (χ1n) is 10.4. The molecule has 0 aliphatic heterocycles. The molecule has 0 saturated carbocycles. The van der Waals surface area contributed by atoms with Gasteiger partial charge < -0.3 is 9.47 Å². The highest BCUT2D eigenvalue weighted by molar-refractivity contribution is 5.24. The van der Waals surface area contributed by atoms with Gasteiger partial charge in [-0.05, 0) is 30.9 Å². The van der Waals surface area contributed by atoms with Gasteiger partial charge in [-0.2, -0.15) is 4.98 Å². The number of nitrogens with zero attached hydrogens (tertiary/aromatic N) is 2. The van der Waals surface area contributed by atoms with Gasteiger partial charge >= 0.3 is 5.69 Å². The summed E-state index contributed by atoms with van der Waals surface area (Å²) in [6.07, 6.45) is 8.47. The summed E-state index contributed by atoms with van der Waals surface area (Å²) >= 11 is 0. The van der Waals surface area contributed by atoms with E-state index < -0.39 is 0 Å². The van der Waals surface area contributed by atoms with Gasteiger partial charge in [-0.3, -0.25) is 4.57 Å². The molecule has 0 aliphatic rings. The quantitative estimate of drug-likeness (QED) is 0.503. The summed E-state index contributed by atoms with van der Waals surface area (Å²) < 4.78 is 12.8. The van der Waals surface area contributed by atoms with Crippen molar-refractivity contribution in [3.63, 3.8) is 0 Å². The van der Waals surface area contributed by atoms with Crippen LogP contribution in [0.15, 0.2) is 35.3 Å². The second-order valence-corrected chi connectivity index (χ2v) is 7.40. The Morgan fingerprint density at radius 2 is 1.57 bits per heavy atom. The summed E-state index contributed by atoms with van der Waals surface area (Å²) in [6.45, 7) is 7.30. The zero-order valence-corrected chi connectivity index (χ0v) is 17.7. The SMILES string of the molecule is CCCCC(CCCC)n1cc(C)c(OCc2ccc(COC)cc2)nc1=O. The summed E-state index contributed by atoms with van der Waals surface area (Å²) in [5.41, 5.74) is 2.84. The molecule has 0 fully saturated rings. The van der Waals surface area contributed by atoms with Crippen molar-refractivity contribution in [3.8, 4) is 5.88 Å². The highest BCUT2D eigenvalue weighted by Gasteiger charge is 2.15. The lowest BCUT2D eigenvalue weighted by molar-refractivity contribution is 0.185. The fourth-order valence-electron chi connectivity index (χ4n) is 3.31. The summed E-state index contributed by atoms with van der Waals surface area (Å²) in [5.74, 6) is 0.423. The molecule has 154 valence electrons. The van der Waals surface area contributed by atoms with Gasteiger partial charge in [0.15, 0.2) is 0 Å². The lowest BCUT2D eigenvalue weighted by Gasteiger charge is -2.20. The van der Waals surface area contributed by atoms with E-state index in [-0.39, 0.29) is 11.7 Å². The number of aromatic nitrogens is 2. The first kappa shape index (κ1) is 22.2. The number of hydrogen-bond donors (Lipinski definition) is 0. The zero-order chi connectivity index (χ0) is 20.4. The van der Waals surface area contributed by atoms with Crippen molar-refractivity contribution in [2.45, 2.75) is 78.6 Å². The van der Waals surface area contributed by atoms with E-state index in [4.69, 9.17) is 9.47 Å². The van der Waals surface area contributed by atoms with Crippen molar-refractivity contribution >= 4 is 0 Å². The molecule has 28 heavy (non-hydrogen) atoms. The lowest BCUT2D eigenvalue weighted by Crippen LogP contribution is -2.28. The predicted molar refractivity (Wildman–Crippen MR) is 113 cm³/mol. The van der Waals surface area contributed by atoms with Crippen LogP contribution in [0.5, 0.6) is 5.88 Å². The molecule has 0 atom stereocenters. The molecule has 1 aromatic carbocycles. The van der Waals surface area contributed by atoms with Crippen molar-refractivity contribution in [1.82, 2.24) is 9.55 Å². The normalized spacial score (nSPS) is 11.2. The Balaban J connectivity index is 2.09. The van der Waals surface area contributed by atoms with E-state index in [0.717, 1.165) is 55.2 Å². The topological polar surface area (TPSA) is 53.4 Å². The van der Waals surface area contributed by atoms with Gasteiger partial charge in [0.05, 0.1) is 6.61 Å². The van der Waals surface area contributed by atoms with Crippen LogP contribution in [0, 0.1) is 6.92 Å². The van der Waals surface area contributed by atoms with Gasteiger partial charge in [-0.25, -0.2) is 4.79 Å². The molecule has 0 amide bonds. The van der Waals surface area contributed by atoms with E-state index in [0.29, 0.717) is 19.1 Å². The first-order chi connectivity index (χ1) is 13.6. The van der Waals surface area contributed by atoms with Crippen molar-refractivity contribution in [2.75, 3.05) is 7.11 Å². The lowest BCUT2D eigenvalue weighted by atomic mass is 10.0. The first-order valence-corrected chi connectivity index (χ1v) is 10.4. The molecule has 0 radical (unpaired) electrons. The van der Waals surface area contributed by atoms with Crippen LogP contribution in [0.2, 0.25) is 0 Å². The Kier molecular flexibility index (Phi) is 9.21. The van der Waals surface area contributed by atoms with Crippen LogP contribution in [0.1, 0.15) is 75.1 Å². The van der Waals surface area contributed by atoms with Gasteiger partial charge in [-0.15, -0.1) is 0 Å². The largest absolute Gasteiger partial charge is 0.472 e. The van der Waals surface area contributed by atoms with E-state index in [2.05, 4.69) is 18.8 Å². The van der Waals surface area contributed by atoms with Gasteiger partial charge in [0, 0.05) is 24.9 Å².